The summed E-state index contributed by atoms with van der Waals surface area (Å²) in [6.45, 7) is 11.4. The Morgan fingerprint density at radius 2 is 1.81 bits per heavy atom. The van der Waals surface area contributed by atoms with E-state index in [-0.39, 0.29) is 5.54 Å². The molecule has 0 atom stereocenters. The highest BCUT2D eigenvalue weighted by atomic mass is 79.9. The smallest absolute Gasteiger partial charge is 0.228 e. The molecule has 1 N–H and O–H groups in total. The molecule has 0 saturated heterocycles. The molecule has 0 fully saturated rings. The predicted molar refractivity (Wildman–Crippen MR) is 88.4 cm³/mol. The number of rotatable bonds is 4. The van der Waals surface area contributed by atoms with E-state index in [2.05, 4.69) is 78.1 Å². The van der Waals surface area contributed by atoms with Gasteiger partial charge in [0, 0.05) is 28.5 Å². The highest BCUT2D eigenvalue weighted by Crippen LogP contribution is 2.27. The van der Waals surface area contributed by atoms with E-state index in [9.17, 15) is 0 Å². The molecule has 2 aromatic rings. The topological polar surface area (TPSA) is 51.0 Å². The van der Waals surface area contributed by atoms with Gasteiger partial charge in [0.15, 0.2) is 0 Å². The summed E-state index contributed by atoms with van der Waals surface area (Å²) in [5, 5.41) is 7.50. The number of nitrogens with zero attached hydrogens (tertiary/aromatic N) is 2. The summed E-state index contributed by atoms with van der Waals surface area (Å²) in [4.78, 5) is 4.48. The number of hydrogen-bond acceptors (Lipinski definition) is 4. The van der Waals surface area contributed by atoms with Gasteiger partial charge in [-0.25, -0.2) is 0 Å². The maximum Gasteiger partial charge on any atom is 0.228 e. The molecular weight excluding hydrogens is 330 g/mol. The zero-order chi connectivity index (χ0) is 15.6. The summed E-state index contributed by atoms with van der Waals surface area (Å²) in [6, 6.07) is 4.14. The van der Waals surface area contributed by atoms with Gasteiger partial charge in [-0.2, -0.15) is 4.98 Å². The van der Waals surface area contributed by atoms with Crippen molar-refractivity contribution in [2.45, 2.75) is 46.6 Å². The third-order valence-electron chi connectivity index (χ3n) is 3.16. The van der Waals surface area contributed by atoms with E-state index in [1.807, 2.05) is 0 Å². The Balaban J connectivity index is 2.10. The number of halogens is 1. The van der Waals surface area contributed by atoms with Crippen molar-refractivity contribution in [3.63, 3.8) is 0 Å². The second-order valence-electron chi connectivity index (χ2n) is 6.36. The normalized spacial score (nSPS) is 11.9. The molecule has 0 aliphatic rings. The molecule has 0 bridgehead atoms. The van der Waals surface area contributed by atoms with E-state index in [1.165, 1.54) is 11.1 Å². The SMILES string of the molecule is Cc1cc(-c2noc(CCNC(C)(C)C)n2)cc(C)c1Br. The largest absolute Gasteiger partial charge is 0.339 e. The van der Waals surface area contributed by atoms with E-state index < -0.39 is 0 Å². The van der Waals surface area contributed by atoms with E-state index >= 15 is 0 Å². The molecular formula is C16H22BrN3O. The second-order valence-corrected chi connectivity index (χ2v) is 7.16. The molecule has 0 saturated carbocycles. The summed E-state index contributed by atoms with van der Waals surface area (Å²) in [5.41, 5.74) is 3.44. The first-order chi connectivity index (χ1) is 9.76. The Hall–Kier alpha value is -1.20. The molecule has 0 aliphatic carbocycles. The molecule has 5 heteroatoms. The summed E-state index contributed by atoms with van der Waals surface area (Å²) >= 11 is 3.57. The number of hydrogen-bond donors (Lipinski definition) is 1. The maximum atomic E-state index is 5.33. The van der Waals surface area contributed by atoms with Gasteiger partial charge < -0.3 is 9.84 Å². The van der Waals surface area contributed by atoms with Crippen LogP contribution in [0.25, 0.3) is 11.4 Å². The summed E-state index contributed by atoms with van der Waals surface area (Å²) in [6.07, 6.45) is 0.735. The molecule has 1 aromatic heterocycles. The molecule has 0 radical (unpaired) electrons. The minimum atomic E-state index is 0.1000. The van der Waals surface area contributed by atoms with Gasteiger partial charge in [0.1, 0.15) is 0 Å². The van der Waals surface area contributed by atoms with Gasteiger partial charge in [0.2, 0.25) is 11.7 Å². The van der Waals surface area contributed by atoms with Crippen LogP contribution in [-0.2, 0) is 6.42 Å². The van der Waals surface area contributed by atoms with Gasteiger partial charge in [-0.05, 0) is 57.9 Å². The minimum Gasteiger partial charge on any atom is -0.339 e. The van der Waals surface area contributed by atoms with Crippen LogP contribution in [-0.4, -0.2) is 22.2 Å². The van der Waals surface area contributed by atoms with Gasteiger partial charge in [-0.3, -0.25) is 0 Å². The van der Waals surface area contributed by atoms with Crippen molar-refractivity contribution in [1.82, 2.24) is 15.5 Å². The number of aryl methyl sites for hydroxylation is 2. The van der Waals surface area contributed by atoms with Crippen LogP contribution in [0.15, 0.2) is 21.1 Å². The van der Waals surface area contributed by atoms with Crippen LogP contribution in [0.1, 0.15) is 37.8 Å². The number of nitrogens with one attached hydrogen (secondary N) is 1. The van der Waals surface area contributed by atoms with Crippen LogP contribution in [0, 0.1) is 13.8 Å². The molecule has 4 nitrogen and oxygen atoms in total. The monoisotopic (exact) mass is 351 g/mol. The highest BCUT2D eigenvalue weighted by Gasteiger charge is 2.13. The predicted octanol–water partition coefficient (Wildman–Crippen LogP) is 4.05. The Bertz CT molecular complexity index is 606. The summed E-state index contributed by atoms with van der Waals surface area (Å²) in [7, 11) is 0. The molecule has 0 unspecified atom stereocenters. The van der Waals surface area contributed by atoms with E-state index in [0.717, 1.165) is 23.0 Å². The lowest BCUT2D eigenvalue weighted by molar-refractivity contribution is 0.362. The van der Waals surface area contributed by atoms with Gasteiger partial charge in [-0.1, -0.05) is 21.1 Å². The lowest BCUT2D eigenvalue weighted by Gasteiger charge is -2.19. The minimum absolute atomic E-state index is 0.1000. The highest BCUT2D eigenvalue weighted by molar-refractivity contribution is 9.10. The van der Waals surface area contributed by atoms with Gasteiger partial charge >= 0.3 is 0 Å². The van der Waals surface area contributed by atoms with Crippen LogP contribution in [0.3, 0.4) is 0 Å². The van der Waals surface area contributed by atoms with Crippen molar-refractivity contribution >= 4 is 15.9 Å². The first-order valence-corrected chi connectivity index (χ1v) is 7.90. The third kappa shape index (κ3) is 4.38. The van der Waals surface area contributed by atoms with Crippen molar-refractivity contribution in [1.29, 1.82) is 0 Å². The van der Waals surface area contributed by atoms with Crippen molar-refractivity contribution in [2.75, 3.05) is 6.54 Å². The standard InChI is InChI=1S/C16H22BrN3O/c1-10-8-12(9-11(2)14(10)17)15-19-13(21-20-15)6-7-18-16(3,4)5/h8-9,18H,6-7H2,1-5H3. The first kappa shape index (κ1) is 16.2. The van der Waals surface area contributed by atoms with Gasteiger partial charge in [-0.15, -0.1) is 0 Å². The Kier molecular flexibility index (Phi) is 4.84. The van der Waals surface area contributed by atoms with Crippen molar-refractivity contribution in [3.05, 3.63) is 33.6 Å². The maximum absolute atomic E-state index is 5.33. The molecule has 21 heavy (non-hydrogen) atoms. The molecule has 0 aliphatic heterocycles. The fraction of sp³-hybridized carbons (Fsp3) is 0.500. The van der Waals surface area contributed by atoms with E-state index in [4.69, 9.17) is 4.52 Å². The number of aromatic nitrogens is 2. The third-order valence-corrected chi connectivity index (χ3v) is 4.41. The molecule has 114 valence electrons. The fourth-order valence-corrected chi connectivity index (χ4v) is 2.32. The Labute approximate surface area is 134 Å². The lowest BCUT2D eigenvalue weighted by Crippen LogP contribution is -2.37. The van der Waals surface area contributed by atoms with Gasteiger partial charge in [0.05, 0.1) is 0 Å². The Morgan fingerprint density at radius 1 is 1.19 bits per heavy atom. The van der Waals surface area contributed by atoms with E-state index in [0.29, 0.717) is 11.7 Å². The number of benzene rings is 1. The van der Waals surface area contributed by atoms with E-state index in [1.54, 1.807) is 0 Å². The van der Waals surface area contributed by atoms with Crippen LogP contribution in [0.2, 0.25) is 0 Å². The van der Waals surface area contributed by atoms with Gasteiger partial charge in [0.25, 0.3) is 0 Å². The van der Waals surface area contributed by atoms with Crippen LogP contribution in [0.5, 0.6) is 0 Å². The van der Waals surface area contributed by atoms with Crippen LogP contribution < -0.4 is 5.32 Å². The Morgan fingerprint density at radius 3 is 2.38 bits per heavy atom. The molecule has 1 aromatic carbocycles. The molecule has 0 amide bonds. The second kappa shape index (κ2) is 6.28. The average Bonchev–Trinajstić information content (AvgIpc) is 2.82. The van der Waals surface area contributed by atoms with Crippen LogP contribution in [0.4, 0.5) is 0 Å². The lowest BCUT2D eigenvalue weighted by atomic mass is 10.1. The summed E-state index contributed by atoms with van der Waals surface area (Å²) in [5.74, 6) is 1.32. The van der Waals surface area contributed by atoms with Crippen molar-refractivity contribution in [3.8, 4) is 11.4 Å². The van der Waals surface area contributed by atoms with Crippen molar-refractivity contribution < 1.29 is 4.52 Å². The van der Waals surface area contributed by atoms with Crippen LogP contribution >= 0.6 is 15.9 Å². The first-order valence-electron chi connectivity index (χ1n) is 7.11. The zero-order valence-electron chi connectivity index (χ0n) is 13.2. The fourth-order valence-electron chi connectivity index (χ4n) is 2.09. The molecule has 2 rings (SSSR count). The summed E-state index contributed by atoms with van der Waals surface area (Å²) < 4.78 is 6.46. The molecule has 0 spiro atoms. The average molecular weight is 352 g/mol. The molecule has 1 heterocycles. The van der Waals surface area contributed by atoms with Crippen molar-refractivity contribution in [2.24, 2.45) is 0 Å². The quantitative estimate of drug-likeness (QED) is 0.902. The zero-order valence-corrected chi connectivity index (χ0v) is 14.8.